The average molecular weight is 436 g/mol. The molecule has 10 nitrogen and oxygen atoms in total. The van der Waals surface area contributed by atoms with Gasteiger partial charge in [-0.1, -0.05) is 5.16 Å². The molecule has 0 radical (unpaired) electrons. The van der Waals surface area contributed by atoms with Gasteiger partial charge in [-0.15, -0.1) is 0 Å². The van der Waals surface area contributed by atoms with Crippen LogP contribution in [0.2, 0.25) is 0 Å². The molecule has 0 aliphatic carbocycles. The molecule has 0 unspecified atom stereocenters. The zero-order valence-electron chi connectivity index (χ0n) is 17.8. The Hall–Kier alpha value is -3.66. The van der Waals surface area contributed by atoms with Crippen LogP contribution in [0.25, 0.3) is 11.4 Å². The van der Waals surface area contributed by atoms with E-state index in [1.807, 2.05) is 30.3 Å². The second-order valence-electron chi connectivity index (χ2n) is 7.90. The van der Waals surface area contributed by atoms with Gasteiger partial charge in [0.05, 0.1) is 18.6 Å². The Kier molecular flexibility index (Phi) is 5.36. The summed E-state index contributed by atoms with van der Waals surface area (Å²) in [6.45, 7) is 4.29. The first kappa shape index (κ1) is 20.3. The van der Waals surface area contributed by atoms with E-state index in [0.717, 1.165) is 54.3 Å². The Morgan fingerprint density at radius 1 is 1.16 bits per heavy atom. The number of hydrogen-bond acceptors (Lipinski definition) is 9. The number of aromatic nitrogens is 2. The fraction of sp³-hybridized carbons (Fsp3) is 0.364. The van der Waals surface area contributed by atoms with Crippen molar-refractivity contribution in [3.63, 3.8) is 0 Å². The van der Waals surface area contributed by atoms with Crippen LogP contribution < -0.4 is 15.0 Å². The summed E-state index contributed by atoms with van der Waals surface area (Å²) in [5.41, 5.74) is 3.86. The van der Waals surface area contributed by atoms with Crippen molar-refractivity contribution in [2.75, 3.05) is 50.1 Å². The summed E-state index contributed by atoms with van der Waals surface area (Å²) in [6, 6.07) is 10.9. The quantitative estimate of drug-likeness (QED) is 0.461. The second-order valence-corrected chi connectivity index (χ2v) is 7.90. The fourth-order valence-electron chi connectivity index (χ4n) is 4.36. The molecule has 3 heterocycles. The topological polar surface area (TPSA) is 110 Å². The van der Waals surface area contributed by atoms with E-state index in [4.69, 9.17) is 9.26 Å². The second kappa shape index (κ2) is 8.46. The minimum absolute atomic E-state index is 0.182. The smallest absolute Gasteiger partial charge is 0.292 e. The molecule has 32 heavy (non-hydrogen) atoms. The Morgan fingerprint density at radius 2 is 1.94 bits per heavy atom. The third-order valence-electron chi connectivity index (χ3n) is 6.01. The van der Waals surface area contributed by atoms with Crippen LogP contribution in [-0.2, 0) is 13.0 Å². The highest BCUT2D eigenvalue weighted by molar-refractivity contribution is 5.78. The standard InChI is InChI=1S/C22H24N6O4/c1-31-16-4-2-15(3-5-16)22-24-20(32-25-22)14-26-10-12-27(13-11-26)21-17-8-9-23-18(17)6-7-19(21)28(29)30/h2-7,23H,8-14H2,1H3. The fourth-order valence-corrected chi connectivity index (χ4v) is 4.36. The normalized spacial score (nSPS) is 16.0. The van der Waals surface area contributed by atoms with Gasteiger partial charge in [-0.05, 0) is 36.8 Å². The van der Waals surface area contributed by atoms with Gasteiger partial charge in [0.15, 0.2) is 0 Å². The largest absolute Gasteiger partial charge is 0.497 e. The molecule has 0 bridgehead atoms. The van der Waals surface area contributed by atoms with Gasteiger partial charge in [-0.3, -0.25) is 15.0 Å². The molecule has 2 aliphatic rings. The van der Waals surface area contributed by atoms with Crippen LogP contribution in [0.5, 0.6) is 5.75 Å². The minimum atomic E-state index is -0.278. The van der Waals surface area contributed by atoms with E-state index in [1.165, 1.54) is 0 Å². The zero-order valence-corrected chi connectivity index (χ0v) is 17.8. The van der Waals surface area contributed by atoms with Gasteiger partial charge >= 0.3 is 0 Å². The number of benzene rings is 2. The molecule has 1 N–H and O–H groups in total. The van der Waals surface area contributed by atoms with Crippen molar-refractivity contribution in [3.8, 4) is 17.1 Å². The van der Waals surface area contributed by atoms with Crippen LogP contribution in [0, 0.1) is 10.1 Å². The summed E-state index contributed by atoms with van der Waals surface area (Å²) in [4.78, 5) is 20.2. The van der Waals surface area contributed by atoms with Crippen molar-refractivity contribution in [1.82, 2.24) is 15.0 Å². The molecular formula is C22H24N6O4. The number of hydrogen-bond donors (Lipinski definition) is 1. The lowest BCUT2D eigenvalue weighted by atomic mass is 10.1. The van der Waals surface area contributed by atoms with Crippen molar-refractivity contribution >= 4 is 17.1 Å². The Bertz CT molecular complexity index is 1120. The highest BCUT2D eigenvalue weighted by Gasteiger charge is 2.30. The van der Waals surface area contributed by atoms with Gasteiger partial charge in [0, 0.05) is 55.6 Å². The van der Waals surface area contributed by atoms with Crippen LogP contribution in [-0.4, -0.2) is 59.8 Å². The van der Waals surface area contributed by atoms with Gasteiger partial charge < -0.3 is 19.5 Å². The Morgan fingerprint density at radius 3 is 2.66 bits per heavy atom. The van der Waals surface area contributed by atoms with E-state index >= 15 is 0 Å². The number of nitro groups is 1. The summed E-state index contributed by atoms with van der Waals surface area (Å²) in [5.74, 6) is 1.87. The number of methoxy groups -OCH3 is 1. The summed E-state index contributed by atoms with van der Waals surface area (Å²) >= 11 is 0. The van der Waals surface area contributed by atoms with Gasteiger partial charge in [0.25, 0.3) is 5.69 Å². The summed E-state index contributed by atoms with van der Waals surface area (Å²) < 4.78 is 10.6. The lowest BCUT2D eigenvalue weighted by Gasteiger charge is -2.35. The Balaban J connectivity index is 1.25. The molecule has 0 amide bonds. The summed E-state index contributed by atoms with van der Waals surface area (Å²) in [5, 5.41) is 19.0. The van der Waals surface area contributed by atoms with Gasteiger partial charge in [0.1, 0.15) is 11.4 Å². The number of fused-ring (bicyclic) bond motifs is 1. The molecule has 166 valence electrons. The van der Waals surface area contributed by atoms with Crippen molar-refractivity contribution in [3.05, 3.63) is 58.0 Å². The van der Waals surface area contributed by atoms with E-state index in [2.05, 4.69) is 25.3 Å². The van der Waals surface area contributed by atoms with Crippen molar-refractivity contribution in [1.29, 1.82) is 0 Å². The number of piperazine rings is 1. The van der Waals surface area contributed by atoms with E-state index < -0.39 is 0 Å². The van der Waals surface area contributed by atoms with E-state index in [9.17, 15) is 10.1 Å². The molecule has 2 aromatic carbocycles. The van der Waals surface area contributed by atoms with Crippen LogP contribution in [0.4, 0.5) is 17.1 Å². The molecule has 0 atom stereocenters. The number of nitrogens with one attached hydrogen (secondary N) is 1. The van der Waals surface area contributed by atoms with Crippen molar-refractivity contribution in [2.24, 2.45) is 0 Å². The molecule has 10 heteroatoms. The average Bonchev–Trinajstić information content (AvgIpc) is 3.48. The number of ether oxygens (including phenoxy) is 1. The maximum absolute atomic E-state index is 11.6. The van der Waals surface area contributed by atoms with Gasteiger partial charge in [-0.2, -0.15) is 4.98 Å². The maximum atomic E-state index is 11.6. The number of nitrogens with zero attached hydrogens (tertiary/aromatic N) is 5. The third-order valence-corrected chi connectivity index (χ3v) is 6.01. The lowest BCUT2D eigenvalue weighted by Crippen LogP contribution is -2.46. The first-order chi connectivity index (χ1) is 15.6. The van der Waals surface area contributed by atoms with Crippen LogP contribution >= 0.6 is 0 Å². The predicted molar refractivity (Wildman–Crippen MR) is 119 cm³/mol. The van der Waals surface area contributed by atoms with Crippen LogP contribution in [0.15, 0.2) is 40.9 Å². The molecule has 5 rings (SSSR count). The SMILES string of the molecule is COc1ccc(-c2noc(CN3CCN(c4c([N+](=O)[O-])ccc5c4CCN5)CC3)n2)cc1. The number of nitro benzene ring substituents is 1. The Labute approximate surface area is 184 Å². The number of rotatable bonds is 6. The van der Waals surface area contributed by atoms with E-state index in [-0.39, 0.29) is 10.6 Å². The van der Waals surface area contributed by atoms with E-state index in [1.54, 1.807) is 13.2 Å². The first-order valence-corrected chi connectivity index (χ1v) is 10.6. The summed E-state index contributed by atoms with van der Waals surface area (Å²) in [6.07, 6.45) is 0.808. The molecule has 0 saturated carbocycles. The zero-order chi connectivity index (χ0) is 22.1. The molecule has 1 fully saturated rings. The molecular weight excluding hydrogens is 412 g/mol. The molecule has 0 spiro atoms. The molecule has 2 aliphatic heterocycles. The number of anilines is 2. The molecule has 1 saturated heterocycles. The third kappa shape index (κ3) is 3.84. The van der Waals surface area contributed by atoms with Gasteiger partial charge in [0.2, 0.25) is 11.7 Å². The van der Waals surface area contributed by atoms with Crippen LogP contribution in [0.1, 0.15) is 11.5 Å². The highest BCUT2D eigenvalue weighted by Crippen LogP contribution is 2.39. The van der Waals surface area contributed by atoms with Gasteiger partial charge in [-0.25, -0.2) is 0 Å². The molecule has 1 aromatic heterocycles. The predicted octanol–water partition coefficient (Wildman–Crippen LogP) is 2.94. The van der Waals surface area contributed by atoms with Crippen molar-refractivity contribution < 1.29 is 14.2 Å². The van der Waals surface area contributed by atoms with E-state index in [0.29, 0.717) is 31.3 Å². The monoisotopic (exact) mass is 436 g/mol. The van der Waals surface area contributed by atoms with Crippen molar-refractivity contribution in [2.45, 2.75) is 13.0 Å². The minimum Gasteiger partial charge on any atom is -0.497 e. The maximum Gasteiger partial charge on any atom is 0.292 e. The summed E-state index contributed by atoms with van der Waals surface area (Å²) in [7, 11) is 1.63. The highest BCUT2D eigenvalue weighted by atomic mass is 16.6. The molecule has 3 aromatic rings. The first-order valence-electron chi connectivity index (χ1n) is 10.6. The van der Waals surface area contributed by atoms with Crippen LogP contribution in [0.3, 0.4) is 0 Å². The lowest BCUT2D eigenvalue weighted by molar-refractivity contribution is -0.384.